The molecule has 2 unspecified atom stereocenters. The first-order valence-electron chi connectivity index (χ1n) is 8.56. The summed E-state index contributed by atoms with van der Waals surface area (Å²) in [5.74, 6) is 6.23. The van der Waals surface area contributed by atoms with E-state index in [1.807, 2.05) is 14.0 Å². The van der Waals surface area contributed by atoms with Gasteiger partial charge >= 0.3 is 0 Å². The number of aliphatic hydroxyl groups is 1. The molecular formula is C21H21N3OS. The van der Waals surface area contributed by atoms with E-state index in [1.54, 1.807) is 16.2 Å². The monoisotopic (exact) mass is 363 g/mol. The van der Waals surface area contributed by atoms with Gasteiger partial charge in [-0.05, 0) is 56.8 Å². The summed E-state index contributed by atoms with van der Waals surface area (Å²) < 4.78 is 2.49. The fourth-order valence-electron chi connectivity index (χ4n) is 3.71. The van der Waals surface area contributed by atoms with Gasteiger partial charge in [0.25, 0.3) is 0 Å². The van der Waals surface area contributed by atoms with E-state index >= 15 is 0 Å². The Balaban J connectivity index is 1.86. The molecule has 4 nitrogen and oxygen atoms in total. The molecule has 2 heterocycles. The summed E-state index contributed by atoms with van der Waals surface area (Å²) in [5, 5.41) is 23.7. The summed E-state index contributed by atoms with van der Waals surface area (Å²) in [7, 11) is 1.84. The molecule has 0 amide bonds. The van der Waals surface area contributed by atoms with Gasteiger partial charge < -0.3 is 10.4 Å². The second-order valence-corrected chi connectivity index (χ2v) is 8.14. The molecule has 3 N–H and O–H groups in total. The summed E-state index contributed by atoms with van der Waals surface area (Å²) in [5.41, 5.74) is 1.71. The topological polar surface area (TPSA) is 59.4 Å². The predicted molar refractivity (Wildman–Crippen MR) is 109 cm³/mol. The van der Waals surface area contributed by atoms with E-state index in [9.17, 15) is 5.11 Å². The predicted octanol–water partition coefficient (Wildman–Crippen LogP) is 3.47. The van der Waals surface area contributed by atoms with Crippen LogP contribution in [0.15, 0.2) is 36.4 Å². The molecule has 1 fully saturated rings. The molecule has 0 spiro atoms. The second kappa shape index (κ2) is 6.10. The van der Waals surface area contributed by atoms with Crippen LogP contribution in [0.25, 0.3) is 20.2 Å². The highest BCUT2D eigenvalue weighted by Gasteiger charge is 2.38. The minimum absolute atomic E-state index is 0.136. The lowest BCUT2D eigenvalue weighted by molar-refractivity contribution is 0.0346. The van der Waals surface area contributed by atoms with Crippen molar-refractivity contribution in [3.8, 4) is 11.8 Å². The smallest absolute Gasteiger partial charge is 0.165 e. The highest BCUT2D eigenvalue weighted by atomic mass is 32.1. The molecule has 1 aliphatic rings. The molecule has 26 heavy (non-hydrogen) atoms. The number of nitrogens with zero attached hydrogens (tertiary/aromatic N) is 1. The van der Waals surface area contributed by atoms with Gasteiger partial charge in [-0.25, -0.2) is 0 Å². The Morgan fingerprint density at radius 2 is 1.92 bits per heavy atom. The van der Waals surface area contributed by atoms with Crippen molar-refractivity contribution in [1.82, 2.24) is 10.2 Å². The highest BCUT2D eigenvalue weighted by molar-refractivity contribution is 7.25. The molecule has 5 heteroatoms. The van der Waals surface area contributed by atoms with Crippen LogP contribution in [0.2, 0.25) is 0 Å². The van der Waals surface area contributed by atoms with Crippen molar-refractivity contribution >= 4 is 37.3 Å². The van der Waals surface area contributed by atoms with E-state index in [1.165, 1.54) is 20.2 Å². The van der Waals surface area contributed by atoms with E-state index in [-0.39, 0.29) is 5.84 Å². The fraction of sp³-hybridized carbons (Fsp3) is 0.286. The van der Waals surface area contributed by atoms with Crippen molar-refractivity contribution in [3.63, 3.8) is 0 Å². The lowest BCUT2D eigenvalue weighted by atomic mass is 9.88. The van der Waals surface area contributed by atoms with Gasteiger partial charge in [-0.3, -0.25) is 10.3 Å². The van der Waals surface area contributed by atoms with Crippen molar-refractivity contribution in [1.29, 1.82) is 5.41 Å². The summed E-state index contributed by atoms with van der Waals surface area (Å²) in [6.45, 7) is 4.55. The number of fused-ring (bicyclic) bond motifs is 3. The average molecular weight is 363 g/mol. The maximum absolute atomic E-state index is 10.0. The van der Waals surface area contributed by atoms with Gasteiger partial charge in [0.2, 0.25) is 0 Å². The third-order valence-corrected chi connectivity index (χ3v) is 6.18. The van der Waals surface area contributed by atoms with Gasteiger partial charge in [-0.1, -0.05) is 12.0 Å². The van der Waals surface area contributed by atoms with Crippen molar-refractivity contribution in [2.24, 2.45) is 0 Å². The van der Waals surface area contributed by atoms with Gasteiger partial charge in [0.1, 0.15) is 5.84 Å². The zero-order valence-electron chi connectivity index (χ0n) is 15.1. The molecule has 2 atom stereocenters. The minimum atomic E-state index is -0.871. The first-order valence-corrected chi connectivity index (χ1v) is 9.37. The molecule has 132 valence electrons. The Morgan fingerprint density at radius 3 is 2.62 bits per heavy atom. The molecule has 0 bridgehead atoms. The maximum Gasteiger partial charge on any atom is 0.165 e. The average Bonchev–Trinajstić information content (AvgIpc) is 2.97. The molecular weight excluding hydrogens is 342 g/mol. The van der Waals surface area contributed by atoms with Crippen LogP contribution in [-0.4, -0.2) is 35.7 Å². The fourth-order valence-corrected chi connectivity index (χ4v) is 4.78. The first kappa shape index (κ1) is 17.0. The van der Waals surface area contributed by atoms with Crippen LogP contribution < -0.4 is 5.32 Å². The number of hydrogen-bond acceptors (Lipinski definition) is 4. The standard InChI is InChI=1S/C21H21N3OS/c1-4-5-13-6-8-17-15(10-13)16-11-14(7-9-18(16)26-17)21(2)12-24(3)20(25)19(22)23-21/h6-11,20,25H,12H2,1-3H3,(H2,22,23). The molecule has 0 saturated carbocycles. The van der Waals surface area contributed by atoms with E-state index < -0.39 is 11.8 Å². The lowest BCUT2D eigenvalue weighted by Crippen LogP contribution is -2.62. The normalized spacial score (nSPS) is 23.7. The molecule has 0 aliphatic carbocycles. The van der Waals surface area contributed by atoms with Gasteiger partial charge in [-0.2, -0.15) is 0 Å². The van der Waals surface area contributed by atoms with Crippen LogP contribution in [0.1, 0.15) is 25.0 Å². The quantitative estimate of drug-likeness (QED) is 0.580. The summed E-state index contributed by atoms with van der Waals surface area (Å²) in [6, 6.07) is 12.8. The maximum atomic E-state index is 10.0. The van der Waals surface area contributed by atoms with Crippen molar-refractivity contribution in [3.05, 3.63) is 47.5 Å². The number of nitrogens with one attached hydrogen (secondary N) is 2. The summed E-state index contributed by atoms with van der Waals surface area (Å²) >= 11 is 1.78. The van der Waals surface area contributed by atoms with E-state index in [0.717, 1.165) is 11.1 Å². The van der Waals surface area contributed by atoms with E-state index in [0.29, 0.717) is 6.54 Å². The van der Waals surface area contributed by atoms with Crippen molar-refractivity contribution in [2.75, 3.05) is 13.6 Å². The third-order valence-electron chi connectivity index (χ3n) is 5.03. The first-order chi connectivity index (χ1) is 12.4. The van der Waals surface area contributed by atoms with E-state index in [4.69, 9.17) is 5.41 Å². The van der Waals surface area contributed by atoms with E-state index in [2.05, 4.69) is 60.5 Å². The number of aliphatic hydroxyl groups excluding tert-OH is 1. The van der Waals surface area contributed by atoms with Gasteiger partial charge in [-0.15, -0.1) is 17.3 Å². The largest absolute Gasteiger partial charge is 0.371 e. The van der Waals surface area contributed by atoms with Crippen LogP contribution in [0.4, 0.5) is 0 Å². The number of amidine groups is 1. The minimum Gasteiger partial charge on any atom is -0.371 e. The Hall–Kier alpha value is -2.39. The summed E-state index contributed by atoms with van der Waals surface area (Å²) in [6.07, 6.45) is -0.871. The Labute approximate surface area is 157 Å². The number of thiophene rings is 1. The molecule has 3 aromatic rings. The Bertz CT molecular complexity index is 1090. The molecule has 1 aliphatic heterocycles. The number of benzene rings is 2. The molecule has 2 aromatic carbocycles. The number of piperazine rings is 1. The zero-order valence-corrected chi connectivity index (χ0v) is 15.9. The Morgan fingerprint density at radius 1 is 1.23 bits per heavy atom. The van der Waals surface area contributed by atoms with Gasteiger partial charge in [0, 0.05) is 32.3 Å². The van der Waals surface area contributed by atoms with Crippen molar-refractivity contribution < 1.29 is 5.11 Å². The van der Waals surface area contributed by atoms with Gasteiger partial charge in [0.05, 0.1) is 5.54 Å². The molecule has 1 aromatic heterocycles. The van der Waals surface area contributed by atoms with Crippen LogP contribution in [0.5, 0.6) is 0 Å². The number of hydrogen-bond donors (Lipinski definition) is 3. The Kier molecular flexibility index (Phi) is 4.00. The van der Waals surface area contributed by atoms with Crippen LogP contribution in [0, 0.1) is 17.3 Å². The number of likely N-dealkylation sites (N-methyl/N-ethyl adjacent to an activating group) is 1. The SMILES string of the molecule is CC#Cc1ccc2sc3ccc(C4(C)CN(C)C(O)C(=N)N4)cc3c2c1. The third kappa shape index (κ3) is 2.67. The molecule has 4 rings (SSSR count). The van der Waals surface area contributed by atoms with Crippen LogP contribution in [0.3, 0.4) is 0 Å². The number of rotatable bonds is 1. The molecule has 0 radical (unpaired) electrons. The van der Waals surface area contributed by atoms with Gasteiger partial charge in [0.15, 0.2) is 6.23 Å². The van der Waals surface area contributed by atoms with Crippen LogP contribution >= 0.6 is 11.3 Å². The van der Waals surface area contributed by atoms with Crippen LogP contribution in [-0.2, 0) is 5.54 Å². The van der Waals surface area contributed by atoms with Crippen molar-refractivity contribution in [2.45, 2.75) is 25.6 Å². The second-order valence-electron chi connectivity index (χ2n) is 7.06. The molecule has 1 saturated heterocycles. The zero-order chi connectivity index (χ0) is 18.5. The lowest BCUT2D eigenvalue weighted by Gasteiger charge is -2.43. The summed E-state index contributed by atoms with van der Waals surface area (Å²) in [4.78, 5) is 1.80. The highest BCUT2D eigenvalue weighted by Crippen LogP contribution is 2.37.